The monoisotopic (exact) mass is 428 g/mol. The molecule has 4 heterocycles. The van der Waals surface area contributed by atoms with Crippen molar-refractivity contribution in [2.75, 3.05) is 44.7 Å². The summed E-state index contributed by atoms with van der Waals surface area (Å²) in [6.07, 6.45) is 7.28. The van der Waals surface area contributed by atoms with Gasteiger partial charge >= 0.3 is 0 Å². The number of rotatable bonds is 6. The number of thiophene rings is 1. The second-order valence-corrected chi connectivity index (χ2v) is 9.12. The molecule has 0 radical (unpaired) electrons. The molecule has 1 aliphatic carbocycles. The minimum atomic E-state index is 0.0460. The van der Waals surface area contributed by atoms with E-state index < -0.39 is 0 Å². The maximum atomic E-state index is 13.6. The molecule has 1 aliphatic heterocycles. The molecule has 2 aliphatic rings. The Morgan fingerprint density at radius 3 is 2.87 bits per heavy atom. The first-order valence-corrected chi connectivity index (χ1v) is 11.7. The lowest BCUT2D eigenvalue weighted by Crippen LogP contribution is -2.39. The average Bonchev–Trinajstić information content (AvgIpc) is 3.33. The number of ether oxygens (including phenoxy) is 1. The average molecular weight is 429 g/mol. The van der Waals surface area contributed by atoms with Crippen molar-refractivity contribution in [3.8, 4) is 0 Å². The first-order chi connectivity index (χ1) is 14.8. The smallest absolute Gasteiger partial charge is 0.264 e. The molecule has 0 aromatic carbocycles. The number of nitrogens with one attached hydrogen (secondary N) is 1. The van der Waals surface area contributed by atoms with Crippen molar-refractivity contribution in [1.82, 2.24) is 14.5 Å². The van der Waals surface area contributed by atoms with Crippen LogP contribution in [0.25, 0.3) is 10.2 Å². The van der Waals surface area contributed by atoms with E-state index in [-0.39, 0.29) is 5.56 Å². The largest absolute Gasteiger partial charge is 0.467 e. The molecule has 8 heteroatoms. The Morgan fingerprint density at radius 1 is 1.17 bits per heavy atom. The summed E-state index contributed by atoms with van der Waals surface area (Å²) in [4.78, 5) is 23.1. The van der Waals surface area contributed by atoms with Crippen LogP contribution in [0.2, 0.25) is 0 Å². The van der Waals surface area contributed by atoms with E-state index in [0.717, 1.165) is 74.6 Å². The zero-order valence-electron chi connectivity index (χ0n) is 17.2. The van der Waals surface area contributed by atoms with Crippen LogP contribution in [0.1, 0.15) is 35.5 Å². The highest BCUT2D eigenvalue weighted by molar-refractivity contribution is 7.18. The van der Waals surface area contributed by atoms with Crippen molar-refractivity contribution in [1.29, 1.82) is 0 Å². The Bertz CT molecular complexity index is 1050. The Hall–Kier alpha value is -2.16. The number of aryl methyl sites for hydroxylation is 2. The molecule has 0 atom stereocenters. The van der Waals surface area contributed by atoms with Gasteiger partial charge in [0.15, 0.2) is 0 Å². The van der Waals surface area contributed by atoms with Gasteiger partial charge in [0, 0.05) is 31.1 Å². The summed E-state index contributed by atoms with van der Waals surface area (Å²) in [6.45, 7) is 5.50. The van der Waals surface area contributed by atoms with Crippen LogP contribution in [-0.4, -0.2) is 53.8 Å². The molecule has 1 fully saturated rings. The molecule has 5 rings (SSSR count). The minimum Gasteiger partial charge on any atom is -0.467 e. The maximum Gasteiger partial charge on any atom is 0.264 e. The lowest BCUT2D eigenvalue weighted by Gasteiger charge is -2.26. The van der Waals surface area contributed by atoms with Crippen LogP contribution < -0.4 is 10.9 Å². The number of hydrogen-bond donors (Lipinski definition) is 1. The quantitative estimate of drug-likeness (QED) is 0.608. The van der Waals surface area contributed by atoms with E-state index in [1.807, 2.05) is 12.1 Å². The predicted molar refractivity (Wildman–Crippen MR) is 119 cm³/mol. The summed E-state index contributed by atoms with van der Waals surface area (Å²) in [5.41, 5.74) is 1.28. The second kappa shape index (κ2) is 8.91. The van der Waals surface area contributed by atoms with E-state index in [4.69, 9.17) is 14.1 Å². The van der Waals surface area contributed by atoms with Crippen LogP contribution >= 0.6 is 11.3 Å². The number of fused-ring (bicyclic) bond motifs is 3. The van der Waals surface area contributed by atoms with Gasteiger partial charge < -0.3 is 14.5 Å². The molecule has 30 heavy (non-hydrogen) atoms. The van der Waals surface area contributed by atoms with Crippen LogP contribution in [0.4, 0.5) is 5.95 Å². The first-order valence-electron chi connectivity index (χ1n) is 10.9. The second-order valence-electron chi connectivity index (χ2n) is 8.03. The first kappa shape index (κ1) is 19.8. The van der Waals surface area contributed by atoms with Crippen molar-refractivity contribution in [3.63, 3.8) is 0 Å². The molecule has 0 spiro atoms. The van der Waals surface area contributed by atoms with E-state index >= 15 is 0 Å². The molecule has 0 unspecified atom stereocenters. The fraction of sp³-hybridized carbons (Fsp3) is 0.545. The lowest BCUT2D eigenvalue weighted by atomic mass is 10.1. The third kappa shape index (κ3) is 4.04. The molecular weight excluding hydrogens is 400 g/mol. The van der Waals surface area contributed by atoms with Gasteiger partial charge in [-0.25, -0.2) is 4.98 Å². The summed E-state index contributed by atoms with van der Waals surface area (Å²) in [6, 6.07) is 3.76. The van der Waals surface area contributed by atoms with Gasteiger partial charge in [-0.15, -0.1) is 11.3 Å². The van der Waals surface area contributed by atoms with Crippen LogP contribution in [0.15, 0.2) is 27.6 Å². The summed E-state index contributed by atoms with van der Waals surface area (Å²) < 4.78 is 12.7. The molecular formula is C22H28N4O3S. The number of furan rings is 1. The fourth-order valence-electron chi connectivity index (χ4n) is 4.41. The molecule has 7 nitrogen and oxygen atoms in total. The number of nitrogens with zero attached hydrogens (tertiary/aromatic N) is 3. The van der Waals surface area contributed by atoms with Gasteiger partial charge in [0.05, 0.1) is 31.4 Å². The van der Waals surface area contributed by atoms with Crippen LogP contribution in [0.3, 0.4) is 0 Å². The number of anilines is 1. The van der Waals surface area contributed by atoms with Crippen molar-refractivity contribution >= 4 is 27.5 Å². The molecule has 1 saturated heterocycles. The zero-order valence-corrected chi connectivity index (χ0v) is 18.0. The van der Waals surface area contributed by atoms with E-state index in [2.05, 4.69) is 10.2 Å². The Kier molecular flexibility index (Phi) is 5.88. The highest BCUT2D eigenvalue weighted by Crippen LogP contribution is 2.33. The molecule has 0 saturated carbocycles. The minimum absolute atomic E-state index is 0.0460. The SMILES string of the molecule is O=c1c2c3c(sc2nc(NCCN2CCOCC2)n1Cc1ccco1)CCCCC3. The Labute approximate surface area is 179 Å². The summed E-state index contributed by atoms with van der Waals surface area (Å²) in [5.74, 6) is 1.39. The third-order valence-electron chi connectivity index (χ3n) is 6.03. The van der Waals surface area contributed by atoms with Gasteiger partial charge in [-0.1, -0.05) is 6.42 Å². The molecule has 0 bridgehead atoms. The predicted octanol–water partition coefficient (Wildman–Crippen LogP) is 3.11. The van der Waals surface area contributed by atoms with Crippen molar-refractivity contribution in [2.45, 2.75) is 38.6 Å². The van der Waals surface area contributed by atoms with Gasteiger partial charge in [0.25, 0.3) is 5.56 Å². The van der Waals surface area contributed by atoms with Gasteiger partial charge in [-0.05, 0) is 43.4 Å². The van der Waals surface area contributed by atoms with E-state index in [1.54, 1.807) is 22.2 Å². The van der Waals surface area contributed by atoms with Gasteiger partial charge in [0.2, 0.25) is 5.95 Å². The number of aromatic nitrogens is 2. The molecule has 3 aromatic heterocycles. The number of hydrogen-bond acceptors (Lipinski definition) is 7. The topological polar surface area (TPSA) is 72.5 Å². The molecule has 0 amide bonds. The Morgan fingerprint density at radius 2 is 2.03 bits per heavy atom. The summed E-state index contributed by atoms with van der Waals surface area (Å²) in [7, 11) is 0. The van der Waals surface area contributed by atoms with Gasteiger partial charge in [-0.2, -0.15) is 0 Å². The van der Waals surface area contributed by atoms with E-state index in [9.17, 15) is 4.79 Å². The van der Waals surface area contributed by atoms with Crippen LogP contribution in [-0.2, 0) is 24.1 Å². The summed E-state index contributed by atoms with van der Waals surface area (Å²) in [5, 5.41) is 4.25. The van der Waals surface area contributed by atoms with Crippen LogP contribution in [0, 0.1) is 0 Å². The Balaban J connectivity index is 1.48. The zero-order chi connectivity index (χ0) is 20.3. The molecule has 3 aromatic rings. The lowest BCUT2D eigenvalue weighted by molar-refractivity contribution is 0.0398. The third-order valence-corrected chi connectivity index (χ3v) is 7.22. The highest BCUT2D eigenvalue weighted by Gasteiger charge is 2.22. The highest BCUT2D eigenvalue weighted by atomic mass is 32.1. The number of morpholine rings is 1. The van der Waals surface area contributed by atoms with Gasteiger partial charge in [-0.3, -0.25) is 14.3 Å². The van der Waals surface area contributed by atoms with Crippen molar-refractivity contribution < 1.29 is 9.15 Å². The molecule has 160 valence electrons. The fourth-order valence-corrected chi connectivity index (χ4v) is 5.66. The standard InChI is InChI=1S/C22H28N4O3S/c27-21-19-17-6-2-1-3-7-18(17)30-20(19)24-22(26(21)15-16-5-4-12-29-16)23-8-9-25-10-13-28-14-11-25/h4-5,12H,1-3,6-11,13-15H2,(H,23,24). The van der Waals surface area contributed by atoms with Crippen LogP contribution in [0.5, 0.6) is 0 Å². The maximum absolute atomic E-state index is 13.6. The van der Waals surface area contributed by atoms with Crippen molar-refractivity contribution in [2.24, 2.45) is 0 Å². The van der Waals surface area contributed by atoms with E-state index in [0.29, 0.717) is 12.5 Å². The van der Waals surface area contributed by atoms with Crippen molar-refractivity contribution in [3.05, 3.63) is 45.0 Å². The summed E-state index contributed by atoms with van der Waals surface area (Å²) >= 11 is 1.70. The molecule has 1 N–H and O–H groups in total. The normalized spacial score (nSPS) is 17.7. The van der Waals surface area contributed by atoms with E-state index in [1.165, 1.54) is 23.3 Å². The van der Waals surface area contributed by atoms with Gasteiger partial charge in [0.1, 0.15) is 10.6 Å².